The highest BCUT2D eigenvalue weighted by atomic mass is 32.2. The molecule has 0 radical (unpaired) electrons. The van der Waals surface area contributed by atoms with Gasteiger partial charge < -0.3 is 21.1 Å². The fourth-order valence-electron chi connectivity index (χ4n) is 2.71. The number of hydrogen-bond acceptors (Lipinski definition) is 6. The Hall–Kier alpha value is -2.20. The first-order valence-electron chi connectivity index (χ1n) is 9.48. The molecule has 3 amide bonds. The normalized spacial score (nSPS) is 13.5. The van der Waals surface area contributed by atoms with Crippen molar-refractivity contribution in [3.05, 3.63) is 35.9 Å². The molecule has 0 bridgehead atoms. The molecule has 0 saturated heterocycles. The van der Waals surface area contributed by atoms with Crippen molar-refractivity contribution in [2.24, 2.45) is 0 Å². The van der Waals surface area contributed by atoms with E-state index in [0.29, 0.717) is 30.8 Å². The quantitative estimate of drug-likeness (QED) is 0.290. The molecule has 3 atom stereocenters. The average molecular weight is 456 g/mol. The number of hydrogen-bond donors (Lipinski definition) is 4. The van der Waals surface area contributed by atoms with Gasteiger partial charge in [-0.15, -0.1) is 0 Å². The molecule has 0 spiro atoms. The van der Waals surface area contributed by atoms with E-state index >= 15 is 0 Å². The Morgan fingerprint density at radius 1 is 0.933 bits per heavy atom. The van der Waals surface area contributed by atoms with Gasteiger partial charge in [0.25, 0.3) is 0 Å². The van der Waals surface area contributed by atoms with Crippen LogP contribution in [0.15, 0.2) is 30.3 Å². The summed E-state index contributed by atoms with van der Waals surface area (Å²) in [5.41, 5.74) is 0.780. The van der Waals surface area contributed by atoms with E-state index in [4.69, 9.17) is 0 Å². The highest BCUT2D eigenvalue weighted by Crippen LogP contribution is 2.07. The Morgan fingerprint density at radius 3 is 2.00 bits per heavy atom. The molecule has 1 rings (SSSR count). The standard InChI is InChI=1S/C20H29N3O5S2/c1-29-10-8-15(21-13-24)18(25)22-16(9-11-30-2)19(26)23-17(20(27)28)12-14-6-4-3-5-7-14/h3-7,13,15-17H,8-12H2,1-2H3,(H,21,24)(H,22,25)(H,23,26)(H,27,28)/t15-,16-,17-/m0/s1. The van der Waals surface area contributed by atoms with Crippen molar-refractivity contribution in [1.29, 1.82) is 0 Å². The van der Waals surface area contributed by atoms with Crippen LogP contribution in [0, 0.1) is 0 Å². The molecule has 0 aromatic heterocycles. The SMILES string of the molecule is CSCC[C@H](NC=O)C(=O)N[C@@H](CCSC)C(=O)N[C@@H](Cc1ccccc1)C(=O)O. The van der Waals surface area contributed by atoms with Gasteiger partial charge in [0.15, 0.2) is 0 Å². The van der Waals surface area contributed by atoms with Crippen molar-refractivity contribution in [2.45, 2.75) is 37.4 Å². The molecule has 0 fully saturated rings. The number of amides is 3. The van der Waals surface area contributed by atoms with Crippen LogP contribution in [0.2, 0.25) is 0 Å². The minimum Gasteiger partial charge on any atom is -0.480 e. The van der Waals surface area contributed by atoms with Gasteiger partial charge >= 0.3 is 5.97 Å². The average Bonchev–Trinajstić information content (AvgIpc) is 2.73. The smallest absolute Gasteiger partial charge is 0.326 e. The summed E-state index contributed by atoms with van der Waals surface area (Å²) in [6.07, 6.45) is 5.13. The van der Waals surface area contributed by atoms with Gasteiger partial charge in [0.1, 0.15) is 18.1 Å². The summed E-state index contributed by atoms with van der Waals surface area (Å²) in [6.45, 7) is 0. The number of rotatable bonds is 15. The lowest BCUT2D eigenvalue weighted by atomic mass is 10.1. The molecule has 10 heteroatoms. The first kappa shape index (κ1) is 25.8. The van der Waals surface area contributed by atoms with Crippen molar-refractivity contribution >= 4 is 47.7 Å². The Kier molecular flexibility index (Phi) is 12.7. The number of benzene rings is 1. The Bertz CT molecular complexity index is 690. The van der Waals surface area contributed by atoms with Crippen LogP contribution < -0.4 is 16.0 Å². The summed E-state index contributed by atoms with van der Waals surface area (Å²) in [5.74, 6) is -0.908. The molecule has 0 saturated carbocycles. The van der Waals surface area contributed by atoms with Crippen LogP contribution in [-0.2, 0) is 25.6 Å². The molecule has 0 aliphatic heterocycles. The van der Waals surface area contributed by atoms with Crippen LogP contribution in [0.3, 0.4) is 0 Å². The van der Waals surface area contributed by atoms with E-state index in [-0.39, 0.29) is 6.42 Å². The monoisotopic (exact) mass is 455 g/mol. The second kappa shape index (κ2) is 14.7. The van der Waals surface area contributed by atoms with Gasteiger partial charge in [0, 0.05) is 6.42 Å². The number of aliphatic carboxylic acids is 1. The predicted molar refractivity (Wildman–Crippen MR) is 121 cm³/mol. The maximum Gasteiger partial charge on any atom is 0.326 e. The summed E-state index contributed by atoms with van der Waals surface area (Å²) < 4.78 is 0. The van der Waals surface area contributed by atoms with Crippen molar-refractivity contribution in [1.82, 2.24) is 16.0 Å². The van der Waals surface area contributed by atoms with E-state index in [1.165, 1.54) is 11.8 Å². The number of carboxylic acids is 1. The Morgan fingerprint density at radius 2 is 1.47 bits per heavy atom. The Balaban J connectivity index is 2.85. The molecule has 30 heavy (non-hydrogen) atoms. The second-order valence-corrected chi connectivity index (χ2v) is 8.52. The van der Waals surface area contributed by atoms with E-state index < -0.39 is 35.9 Å². The molecule has 8 nitrogen and oxygen atoms in total. The van der Waals surface area contributed by atoms with Crippen molar-refractivity contribution in [3.63, 3.8) is 0 Å². The molecule has 4 N–H and O–H groups in total. The van der Waals surface area contributed by atoms with E-state index in [9.17, 15) is 24.3 Å². The lowest BCUT2D eigenvalue weighted by molar-refractivity contribution is -0.142. The maximum absolute atomic E-state index is 12.8. The summed E-state index contributed by atoms with van der Waals surface area (Å²) >= 11 is 3.05. The van der Waals surface area contributed by atoms with Gasteiger partial charge in [-0.3, -0.25) is 14.4 Å². The Labute approximate surface area is 185 Å². The summed E-state index contributed by atoms with van der Waals surface area (Å²) in [6, 6.07) is 6.24. The zero-order valence-electron chi connectivity index (χ0n) is 17.1. The number of nitrogens with one attached hydrogen (secondary N) is 3. The van der Waals surface area contributed by atoms with E-state index in [1.807, 2.05) is 18.6 Å². The lowest BCUT2D eigenvalue weighted by Crippen LogP contribution is -2.55. The first-order valence-corrected chi connectivity index (χ1v) is 12.3. The number of thioether (sulfide) groups is 2. The fourth-order valence-corrected chi connectivity index (χ4v) is 3.65. The zero-order chi connectivity index (χ0) is 22.4. The molecular formula is C20H29N3O5S2. The summed E-state index contributed by atoms with van der Waals surface area (Å²) in [5, 5.41) is 17.2. The lowest BCUT2D eigenvalue weighted by Gasteiger charge is -2.23. The van der Waals surface area contributed by atoms with E-state index in [2.05, 4.69) is 16.0 Å². The highest BCUT2D eigenvalue weighted by Gasteiger charge is 2.28. The third-order valence-electron chi connectivity index (χ3n) is 4.34. The summed E-state index contributed by atoms with van der Waals surface area (Å²) in [4.78, 5) is 47.8. The minimum atomic E-state index is -1.15. The molecule has 166 valence electrons. The molecule has 1 aromatic carbocycles. The second-order valence-electron chi connectivity index (χ2n) is 6.55. The van der Waals surface area contributed by atoms with Crippen LogP contribution in [0.25, 0.3) is 0 Å². The largest absolute Gasteiger partial charge is 0.480 e. The molecule has 0 heterocycles. The third-order valence-corrected chi connectivity index (χ3v) is 5.63. The van der Waals surface area contributed by atoms with E-state index in [1.54, 1.807) is 36.0 Å². The van der Waals surface area contributed by atoms with Gasteiger partial charge in [-0.25, -0.2) is 4.79 Å². The topological polar surface area (TPSA) is 125 Å². The third kappa shape index (κ3) is 9.53. The van der Waals surface area contributed by atoms with Crippen LogP contribution in [-0.4, -0.2) is 71.4 Å². The molecule has 0 aliphatic carbocycles. The van der Waals surface area contributed by atoms with Gasteiger partial charge in [-0.1, -0.05) is 30.3 Å². The van der Waals surface area contributed by atoms with Crippen LogP contribution in [0.4, 0.5) is 0 Å². The van der Waals surface area contributed by atoms with Gasteiger partial charge in [-0.05, 0) is 42.4 Å². The van der Waals surface area contributed by atoms with Crippen molar-refractivity contribution in [3.8, 4) is 0 Å². The highest BCUT2D eigenvalue weighted by molar-refractivity contribution is 7.98. The van der Waals surface area contributed by atoms with Crippen molar-refractivity contribution in [2.75, 3.05) is 24.0 Å². The number of carboxylic acid groups (broad SMARTS) is 1. The molecule has 0 aliphatic rings. The molecular weight excluding hydrogens is 426 g/mol. The van der Waals surface area contributed by atoms with Crippen LogP contribution >= 0.6 is 23.5 Å². The molecule has 1 aromatic rings. The van der Waals surface area contributed by atoms with Gasteiger partial charge in [0.05, 0.1) is 0 Å². The van der Waals surface area contributed by atoms with E-state index in [0.717, 1.165) is 5.56 Å². The fraction of sp³-hybridized carbons (Fsp3) is 0.500. The molecule has 0 unspecified atom stereocenters. The van der Waals surface area contributed by atoms with Crippen LogP contribution in [0.1, 0.15) is 18.4 Å². The summed E-state index contributed by atoms with van der Waals surface area (Å²) in [7, 11) is 0. The van der Waals surface area contributed by atoms with Gasteiger partial charge in [0.2, 0.25) is 18.2 Å². The van der Waals surface area contributed by atoms with Crippen molar-refractivity contribution < 1.29 is 24.3 Å². The number of carbonyl (C=O) groups excluding carboxylic acids is 3. The van der Waals surface area contributed by atoms with Crippen LogP contribution in [0.5, 0.6) is 0 Å². The predicted octanol–water partition coefficient (Wildman–Crippen LogP) is 0.904. The number of carbonyl (C=O) groups is 4. The minimum absolute atomic E-state index is 0.133. The van der Waals surface area contributed by atoms with Gasteiger partial charge in [-0.2, -0.15) is 23.5 Å². The zero-order valence-corrected chi connectivity index (χ0v) is 18.8. The maximum atomic E-state index is 12.8. The first-order chi connectivity index (χ1) is 14.4.